The van der Waals surface area contributed by atoms with E-state index in [4.69, 9.17) is 9.90 Å². The van der Waals surface area contributed by atoms with E-state index >= 15 is 0 Å². The molecule has 0 aromatic rings. The average Bonchev–Trinajstić information content (AvgIpc) is 1.25. The maximum atomic E-state index is 9.00. The SMILES string of the molecule is CC(=O)O.[I][Sm]([I])[I]. The molecule has 51 valence electrons. The number of hydrogen-bond donors (Lipinski definition) is 1. The van der Waals surface area contributed by atoms with Gasteiger partial charge < -0.3 is 5.11 Å². The van der Waals surface area contributed by atoms with Crippen molar-refractivity contribution in [1.82, 2.24) is 0 Å². The van der Waals surface area contributed by atoms with Crippen LogP contribution in [0.15, 0.2) is 0 Å². The van der Waals surface area contributed by atoms with Crippen LogP contribution in [0, 0.1) is 18.0 Å². The molecule has 0 saturated carbocycles. The molecular weight excluding hydrogens is 587 g/mol. The predicted octanol–water partition coefficient (Wildman–Crippen LogP) is 2.75. The third kappa shape index (κ3) is 64.0. The van der Waals surface area contributed by atoms with E-state index < -0.39 is 24.0 Å². The van der Waals surface area contributed by atoms with Crippen LogP contribution in [0.1, 0.15) is 6.92 Å². The fourth-order valence-corrected chi connectivity index (χ4v) is 0. The Kier molecular flexibility index (Phi) is 17.0. The third-order valence-electron chi connectivity index (χ3n) is 0. The predicted molar refractivity (Wildman–Crippen MR) is 55.4 cm³/mol. The molecule has 0 radical (unpaired) electrons. The summed E-state index contributed by atoms with van der Waals surface area (Å²) in [5, 5.41) is 7.42. The van der Waals surface area contributed by atoms with Crippen LogP contribution >= 0.6 is 42.9 Å². The summed E-state index contributed by atoms with van der Waals surface area (Å²) in [5.74, 6) is -0.833. The molecule has 0 bridgehead atoms. The first-order chi connectivity index (χ1) is 3.46. The van der Waals surface area contributed by atoms with E-state index in [-0.39, 0.29) is 0 Å². The van der Waals surface area contributed by atoms with Crippen LogP contribution in [-0.2, 0) is 4.79 Å². The number of carboxylic acid groups (broad SMARTS) is 1. The van der Waals surface area contributed by atoms with Crippen molar-refractivity contribution in [3.05, 3.63) is 0 Å². The van der Waals surface area contributed by atoms with Crippen LogP contribution < -0.4 is 0 Å². The molecule has 0 aliphatic heterocycles. The Hall–Kier alpha value is 3.00. The Morgan fingerprint density at radius 2 is 1.50 bits per heavy atom. The quantitative estimate of drug-likeness (QED) is 0.441. The second kappa shape index (κ2) is 10.00. The number of carboxylic acids is 1. The van der Waals surface area contributed by atoms with Crippen LogP contribution in [0.25, 0.3) is 0 Å². The van der Waals surface area contributed by atoms with Crippen molar-refractivity contribution in [3.63, 3.8) is 0 Å². The van der Waals surface area contributed by atoms with Gasteiger partial charge in [0.2, 0.25) is 0 Å². The fourth-order valence-electron chi connectivity index (χ4n) is 0. The van der Waals surface area contributed by atoms with Crippen molar-refractivity contribution < 1.29 is 27.9 Å². The normalized spacial score (nSPS) is 7.62. The molecule has 0 rings (SSSR count). The van der Waals surface area contributed by atoms with Crippen LogP contribution in [0.3, 0.4) is 0 Å². The molecule has 0 unspecified atom stereocenters. The monoisotopic (exact) mass is 593 g/mol. The summed E-state index contributed by atoms with van der Waals surface area (Å²) >= 11 is 6.92. The number of hydrogen-bond acceptors (Lipinski definition) is 1. The zero-order valence-corrected chi connectivity index (χ0v) is 13.0. The molecule has 0 heterocycles. The minimum absolute atomic E-state index is 0.618. The van der Waals surface area contributed by atoms with E-state index in [9.17, 15) is 0 Å². The van der Waals surface area contributed by atoms with Gasteiger partial charge in [0.05, 0.1) is 0 Å². The van der Waals surface area contributed by atoms with Crippen molar-refractivity contribution in [2.75, 3.05) is 0 Å². The Bertz CT molecular complexity index is 59.5. The number of rotatable bonds is 0. The molecule has 0 saturated heterocycles. The third-order valence-corrected chi connectivity index (χ3v) is 0. The zero-order valence-electron chi connectivity index (χ0n) is 3.90. The van der Waals surface area contributed by atoms with Crippen molar-refractivity contribution in [2.45, 2.75) is 6.92 Å². The molecule has 0 amide bonds. The summed E-state index contributed by atoms with van der Waals surface area (Å²) in [7, 11) is 0. The number of halogens is 3. The molecule has 0 aliphatic carbocycles. The van der Waals surface area contributed by atoms with Gasteiger partial charge in [-0.05, 0) is 0 Å². The minimum atomic E-state index is -0.833. The van der Waals surface area contributed by atoms with Crippen molar-refractivity contribution >= 4 is 48.8 Å². The van der Waals surface area contributed by atoms with Crippen molar-refractivity contribution in [3.8, 4) is 0 Å². The summed E-state index contributed by atoms with van der Waals surface area (Å²) in [6.07, 6.45) is 0. The molecule has 0 aromatic heterocycles. The van der Waals surface area contributed by atoms with Crippen molar-refractivity contribution in [2.24, 2.45) is 0 Å². The Labute approximate surface area is 80.6 Å². The molecule has 0 aromatic carbocycles. The fraction of sp³-hybridized carbons (Fsp3) is 0.500. The zero-order chi connectivity index (χ0) is 7.15. The first kappa shape index (κ1) is 13.6. The summed E-state index contributed by atoms with van der Waals surface area (Å²) in [6.45, 7) is 1.08. The van der Waals surface area contributed by atoms with E-state index in [0.29, 0.717) is 0 Å². The molecule has 0 atom stereocenters. The van der Waals surface area contributed by atoms with Gasteiger partial charge in [0, 0.05) is 6.92 Å². The van der Waals surface area contributed by atoms with E-state index in [1.807, 2.05) is 0 Å². The van der Waals surface area contributed by atoms with Crippen LogP contribution in [0.2, 0.25) is 0 Å². The molecule has 0 aliphatic rings. The van der Waals surface area contributed by atoms with E-state index in [0.717, 1.165) is 6.92 Å². The first-order valence-electron chi connectivity index (χ1n) is 1.39. The van der Waals surface area contributed by atoms with Gasteiger partial charge in [-0.1, -0.05) is 0 Å². The molecule has 0 fully saturated rings. The van der Waals surface area contributed by atoms with Crippen LogP contribution in [0.5, 0.6) is 0 Å². The molecule has 0 spiro atoms. The molecule has 6 heteroatoms. The summed E-state index contributed by atoms with van der Waals surface area (Å²) in [6, 6.07) is 0. The standard InChI is InChI=1S/C2H4O2.3HI.Sm/c1-2(3)4;;;;/h1H3,(H,3,4);3*1H;/q;;;;+3/p-3. The first-order valence-corrected chi connectivity index (χ1v) is 24.0. The van der Waals surface area contributed by atoms with Crippen molar-refractivity contribution in [1.29, 1.82) is 0 Å². The van der Waals surface area contributed by atoms with Gasteiger partial charge in [0.15, 0.2) is 0 Å². The van der Waals surface area contributed by atoms with Gasteiger partial charge in [0.1, 0.15) is 0 Å². The second-order valence-corrected chi connectivity index (χ2v) is 58.9. The molecule has 2 nitrogen and oxygen atoms in total. The Morgan fingerprint density at radius 1 is 1.50 bits per heavy atom. The Balaban J connectivity index is 0. The van der Waals surface area contributed by atoms with E-state index in [1.54, 1.807) is 0 Å². The Morgan fingerprint density at radius 3 is 1.50 bits per heavy atom. The van der Waals surface area contributed by atoms with E-state index in [2.05, 4.69) is 42.9 Å². The summed E-state index contributed by atoms with van der Waals surface area (Å²) in [5.41, 5.74) is 0. The van der Waals surface area contributed by atoms with Gasteiger partial charge in [-0.2, -0.15) is 0 Å². The summed E-state index contributed by atoms with van der Waals surface area (Å²) in [4.78, 5) is 9.00. The molecule has 8 heavy (non-hydrogen) atoms. The molecular formula is C2H4I3O2Sm. The van der Waals surface area contributed by atoms with Crippen LogP contribution in [0.4, 0.5) is 0 Å². The number of aliphatic carboxylic acids is 1. The van der Waals surface area contributed by atoms with Gasteiger partial charge in [-0.15, -0.1) is 0 Å². The van der Waals surface area contributed by atoms with Crippen LogP contribution in [-0.4, -0.2) is 11.1 Å². The summed E-state index contributed by atoms with van der Waals surface area (Å²) < 4.78 is 0. The van der Waals surface area contributed by atoms with E-state index in [1.165, 1.54) is 0 Å². The molecule has 1 N–H and O–H groups in total. The topological polar surface area (TPSA) is 37.3 Å². The van der Waals surface area contributed by atoms with Gasteiger partial charge in [0.25, 0.3) is 5.97 Å². The maximum absolute atomic E-state index is 9.00. The van der Waals surface area contributed by atoms with Gasteiger partial charge >= 0.3 is 60.9 Å². The second-order valence-electron chi connectivity index (χ2n) is 0.694. The van der Waals surface area contributed by atoms with Gasteiger partial charge in [-0.25, -0.2) is 0 Å². The average molecular weight is 591 g/mol. The van der Waals surface area contributed by atoms with Gasteiger partial charge in [-0.3, -0.25) is 4.79 Å². The number of carbonyl (C=O) groups is 1.